The largest absolute Gasteiger partial charge is 0.471 e. The Labute approximate surface area is 173 Å². The van der Waals surface area contributed by atoms with Gasteiger partial charge in [-0.25, -0.2) is 8.78 Å². The van der Waals surface area contributed by atoms with Gasteiger partial charge in [-0.3, -0.25) is 9.48 Å². The van der Waals surface area contributed by atoms with Crippen molar-refractivity contribution in [2.75, 3.05) is 13.1 Å². The Morgan fingerprint density at radius 3 is 2.13 bits per heavy atom. The van der Waals surface area contributed by atoms with Crippen LogP contribution in [0.25, 0.3) is 0 Å². The highest BCUT2D eigenvalue weighted by Crippen LogP contribution is 2.22. The first kappa shape index (κ1) is 20.1. The van der Waals surface area contributed by atoms with Gasteiger partial charge >= 0.3 is 0 Å². The average molecular weight is 411 g/mol. The molecule has 3 aromatic rings. The standard InChI is InChI=1S/C23H23F2N3O2/c24-19-8-4-17(5-9-19)14-28-15-21(23(29)27-12-2-1-3-13-27)22(26-28)30-16-18-6-10-20(25)11-7-18/h4-11,15H,1-3,12-14,16H2. The summed E-state index contributed by atoms with van der Waals surface area (Å²) in [4.78, 5) is 14.9. The fraction of sp³-hybridized carbons (Fsp3) is 0.304. The summed E-state index contributed by atoms with van der Waals surface area (Å²) in [6, 6.07) is 12.2. The van der Waals surface area contributed by atoms with Crippen molar-refractivity contribution in [1.82, 2.24) is 14.7 Å². The molecule has 4 rings (SSSR count). The zero-order chi connectivity index (χ0) is 20.9. The first-order valence-electron chi connectivity index (χ1n) is 10.1. The van der Waals surface area contributed by atoms with Crippen LogP contribution in [-0.4, -0.2) is 33.7 Å². The molecule has 1 aromatic heterocycles. The molecule has 0 unspecified atom stereocenters. The quantitative estimate of drug-likeness (QED) is 0.604. The number of ether oxygens (including phenoxy) is 1. The van der Waals surface area contributed by atoms with E-state index < -0.39 is 0 Å². The van der Waals surface area contributed by atoms with Crippen LogP contribution < -0.4 is 4.74 Å². The minimum absolute atomic E-state index is 0.103. The van der Waals surface area contributed by atoms with Gasteiger partial charge in [0.25, 0.3) is 5.91 Å². The molecule has 1 saturated heterocycles. The number of benzene rings is 2. The summed E-state index contributed by atoms with van der Waals surface area (Å²) in [5.41, 5.74) is 2.04. The van der Waals surface area contributed by atoms with Crippen molar-refractivity contribution < 1.29 is 18.3 Å². The number of likely N-dealkylation sites (tertiary alicyclic amines) is 1. The summed E-state index contributed by atoms with van der Waals surface area (Å²) >= 11 is 0. The SMILES string of the molecule is O=C(c1cn(Cc2ccc(F)cc2)nc1OCc1ccc(F)cc1)N1CCCCC1. The smallest absolute Gasteiger partial charge is 0.260 e. The number of rotatable bonds is 6. The molecular weight excluding hydrogens is 388 g/mol. The van der Waals surface area contributed by atoms with Crippen molar-refractivity contribution >= 4 is 5.91 Å². The summed E-state index contributed by atoms with van der Waals surface area (Å²) in [7, 11) is 0. The van der Waals surface area contributed by atoms with Gasteiger partial charge in [0.2, 0.25) is 5.88 Å². The molecule has 2 heterocycles. The number of nitrogens with zero attached hydrogens (tertiary/aromatic N) is 3. The molecule has 0 saturated carbocycles. The molecule has 0 aliphatic carbocycles. The van der Waals surface area contributed by atoms with Gasteiger partial charge in [0.15, 0.2) is 0 Å². The second-order valence-corrected chi connectivity index (χ2v) is 7.44. The van der Waals surface area contributed by atoms with Crippen LogP contribution in [0.4, 0.5) is 8.78 Å². The first-order valence-corrected chi connectivity index (χ1v) is 10.1. The Morgan fingerprint density at radius 2 is 1.50 bits per heavy atom. The monoisotopic (exact) mass is 411 g/mol. The zero-order valence-electron chi connectivity index (χ0n) is 16.6. The number of hydrogen-bond acceptors (Lipinski definition) is 3. The maximum absolute atomic E-state index is 13.2. The highest BCUT2D eigenvalue weighted by atomic mass is 19.1. The van der Waals surface area contributed by atoms with Gasteiger partial charge in [-0.1, -0.05) is 24.3 Å². The normalized spacial score (nSPS) is 14.0. The van der Waals surface area contributed by atoms with E-state index >= 15 is 0 Å². The summed E-state index contributed by atoms with van der Waals surface area (Å²) in [5.74, 6) is -0.474. The van der Waals surface area contributed by atoms with Gasteiger partial charge in [0.05, 0.1) is 6.54 Å². The number of amides is 1. The van der Waals surface area contributed by atoms with E-state index in [9.17, 15) is 13.6 Å². The predicted molar refractivity (Wildman–Crippen MR) is 108 cm³/mol. The fourth-order valence-corrected chi connectivity index (χ4v) is 3.51. The van der Waals surface area contributed by atoms with E-state index in [1.54, 1.807) is 35.1 Å². The molecule has 1 aliphatic heterocycles. The minimum atomic E-state index is -0.316. The third-order valence-electron chi connectivity index (χ3n) is 5.15. The number of carbonyl (C=O) groups is 1. The molecule has 1 aliphatic rings. The maximum atomic E-state index is 13.2. The van der Waals surface area contributed by atoms with Crippen LogP contribution in [0.3, 0.4) is 0 Å². The van der Waals surface area contributed by atoms with Crippen molar-refractivity contribution in [1.29, 1.82) is 0 Å². The second-order valence-electron chi connectivity index (χ2n) is 7.44. The lowest BCUT2D eigenvalue weighted by molar-refractivity contribution is 0.0719. The molecule has 1 fully saturated rings. The van der Waals surface area contributed by atoms with Crippen LogP contribution in [0.15, 0.2) is 54.7 Å². The Morgan fingerprint density at radius 1 is 0.900 bits per heavy atom. The lowest BCUT2D eigenvalue weighted by atomic mass is 10.1. The van der Waals surface area contributed by atoms with Crippen LogP contribution in [0.1, 0.15) is 40.7 Å². The van der Waals surface area contributed by atoms with Gasteiger partial charge < -0.3 is 9.64 Å². The third kappa shape index (κ3) is 4.84. The summed E-state index contributed by atoms with van der Waals surface area (Å²) < 4.78 is 33.8. The molecule has 2 aromatic carbocycles. The molecule has 0 radical (unpaired) electrons. The Bertz CT molecular complexity index is 994. The van der Waals surface area contributed by atoms with E-state index in [1.807, 2.05) is 4.90 Å². The van der Waals surface area contributed by atoms with Crippen LogP contribution in [0.5, 0.6) is 5.88 Å². The number of carbonyl (C=O) groups excluding carboxylic acids is 1. The van der Waals surface area contributed by atoms with Crippen LogP contribution in [0, 0.1) is 11.6 Å². The maximum Gasteiger partial charge on any atom is 0.260 e. The third-order valence-corrected chi connectivity index (χ3v) is 5.15. The molecule has 0 atom stereocenters. The van der Waals surface area contributed by atoms with Crippen LogP contribution >= 0.6 is 0 Å². The zero-order valence-corrected chi connectivity index (χ0v) is 16.6. The fourth-order valence-electron chi connectivity index (χ4n) is 3.51. The van der Waals surface area contributed by atoms with Gasteiger partial charge in [-0.15, -0.1) is 5.10 Å². The molecule has 7 heteroatoms. The molecule has 0 bridgehead atoms. The second kappa shape index (κ2) is 9.07. The van der Waals surface area contributed by atoms with Crippen LogP contribution in [0.2, 0.25) is 0 Å². The van der Waals surface area contributed by atoms with Crippen molar-refractivity contribution in [2.24, 2.45) is 0 Å². The summed E-state index contributed by atoms with van der Waals surface area (Å²) in [6.45, 7) is 2.01. The molecule has 30 heavy (non-hydrogen) atoms. The molecule has 5 nitrogen and oxygen atoms in total. The highest BCUT2D eigenvalue weighted by Gasteiger charge is 2.24. The van der Waals surface area contributed by atoms with Gasteiger partial charge in [-0.05, 0) is 54.7 Å². The summed E-state index contributed by atoms with van der Waals surface area (Å²) in [6.07, 6.45) is 4.78. The van der Waals surface area contributed by atoms with Crippen molar-refractivity contribution in [3.8, 4) is 5.88 Å². The number of halogens is 2. The van der Waals surface area contributed by atoms with Crippen molar-refractivity contribution in [3.05, 3.63) is 83.1 Å². The molecular formula is C23H23F2N3O2. The lowest BCUT2D eigenvalue weighted by Gasteiger charge is -2.26. The minimum Gasteiger partial charge on any atom is -0.471 e. The van der Waals surface area contributed by atoms with E-state index in [0.29, 0.717) is 12.1 Å². The molecule has 1 amide bonds. The van der Waals surface area contributed by atoms with Gasteiger partial charge in [0, 0.05) is 19.3 Å². The van der Waals surface area contributed by atoms with Crippen molar-refractivity contribution in [3.63, 3.8) is 0 Å². The van der Waals surface area contributed by atoms with E-state index in [-0.39, 0.29) is 30.0 Å². The Balaban J connectivity index is 1.56. The van der Waals surface area contributed by atoms with Gasteiger partial charge in [0.1, 0.15) is 23.8 Å². The van der Waals surface area contributed by atoms with E-state index in [4.69, 9.17) is 4.74 Å². The molecule has 0 spiro atoms. The van der Waals surface area contributed by atoms with Gasteiger partial charge in [-0.2, -0.15) is 0 Å². The van der Waals surface area contributed by atoms with E-state index in [2.05, 4.69) is 5.10 Å². The molecule has 156 valence electrons. The topological polar surface area (TPSA) is 47.4 Å². The van der Waals surface area contributed by atoms with Crippen LogP contribution in [-0.2, 0) is 13.2 Å². The number of piperidine rings is 1. The van der Waals surface area contributed by atoms with E-state index in [0.717, 1.165) is 43.5 Å². The highest BCUT2D eigenvalue weighted by molar-refractivity contribution is 5.96. The Kier molecular flexibility index (Phi) is 6.07. The Hall–Kier alpha value is -3.22. The molecule has 0 N–H and O–H groups in total. The number of aromatic nitrogens is 2. The van der Waals surface area contributed by atoms with Crippen molar-refractivity contribution in [2.45, 2.75) is 32.4 Å². The number of hydrogen-bond donors (Lipinski definition) is 0. The summed E-state index contributed by atoms with van der Waals surface area (Å²) in [5, 5.41) is 4.46. The predicted octanol–water partition coefficient (Wildman–Crippen LogP) is 4.41. The van der Waals surface area contributed by atoms with E-state index in [1.165, 1.54) is 24.3 Å². The lowest BCUT2D eigenvalue weighted by Crippen LogP contribution is -2.35. The first-order chi connectivity index (χ1) is 14.6. The average Bonchev–Trinajstić information content (AvgIpc) is 3.17.